The van der Waals surface area contributed by atoms with Gasteiger partial charge in [-0.05, 0) is 96.6 Å². The first-order chi connectivity index (χ1) is 19.9. The second-order valence-electron chi connectivity index (χ2n) is 12.1. The Kier molecular flexibility index (Phi) is 10.1. The number of aryl methyl sites for hydroxylation is 1. The monoisotopic (exact) mass is 602 g/mol. The van der Waals surface area contributed by atoms with Crippen LogP contribution in [0, 0.1) is 24.7 Å². The van der Waals surface area contributed by atoms with Crippen LogP contribution in [0.25, 0.3) is 0 Å². The number of rotatable bonds is 14. The second kappa shape index (κ2) is 13.4. The summed E-state index contributed by atoms with van der Waals surface area (Å²) in [6.45, 7) is 2.86. The number of nitrogens with zero attached hydrogens (tertiary/aromatic N) is 1. The number of anilines is 1. The van der Waals surface area contributed by atoms with Gasteiger partial charge in [0.2, 0.25) is 15.9 Å². The van der Waals surface area contributed by atoms with Crippen LogP contribution in [0.3, 0.4) is 0 Å². The standard InChI is InChI=1S/C30H42N4O7S/c1-20-9-8-11-23(15-20)31-29(38)41-24-16-21(19-35)26(17-24)27(36)32-30(28(37)33-42(39,40)25-12-13-25)18-22(30)10-6-4-5-7-14-34(2)3/h6,8-11,15,19,21-22,24-26H,4-5,7,12-14,16-18H2,1-3H3,(H,31,38)(H,32,36)(H,33,37)/b10-6-/t21-,22+,24-,26+,30+/m0/s1. The lowest BCUT2D eigenvalue weighted by Crippen LogP contribution is -2.54. The molecule has 5 atom stereocenters. The number of carbonyl (C=O) groups is 4. The van der Waals surface area contributed by atoms with Crippen LogP contribution >= 0.6 is 0 Å². The van der Waals surface area contributed by atoms with Gasteiger partial charge >= 0.3 is 6.09 Å². The van der Waals surface area contributed by atoms with Crippen LogP contribution in [0.1, 0.15) is 56.9 Å². The molecule has 0 aliphatic heterocycles. The number of carbonyl (C=O) groups excluding carboxylic acids is 4. The van der Waals surface area contributed by atoms with Crippen LogP contribution in [0.4, 0.5) is 10.5 Å². The Labute approximate surface area is 247 Å². The molecule has 0 heterocycles. The molecule has 3 saturated carbocycles. The highest BCUT2D eigenvalue weighted by Gasteiger charge is 2.62. The maximum Gasteiger partial charge on any atom is 0.411 e. The number of benzene rings is 1. The molecule has 0 bridgehead atoms. The van der Waals surface area contributed by atoms with Crippen molar-refractivity contribution >= 4 is 39.9 Å². The van der Waals surface area contributed by atoms with E-state index in [1.165, 1.54) is 0 Å². The summed E-state index contributed by atoms with van der Waals surface area (Å²) in [5.74, 6) is -3.18. The van der Waals surface area contributed by atoms with E-state index in [-0.39, 0.29) is 25.2 Å². The summed E-state index contributed by atoms with van der Waals surface area (Å²) in [6.07, 6.45) is 7.49. The molecule has 4 rings (SSSR count). The Morgan fingerprint density at radius 3 is 2.57 bits per heavy atom. The Bertz CT molecular complexity index is 1310. The molecule has 42 heavy (non-hydrogen) atoms. The lowest BCUT2D eigenvalue weighted by atomic mass is 9.96. The molecule has 1 aromatic rings. The molecule has 11 nitrogen and oxygen atoms in total. The summed E-state index contributed by atoms with van der Waals surface area (Å²) in [6, 6.07) is 7.22. The zero-order valence-electron chi connectivity index (χ0n) is 24.5. The average Bonchev–Trinajstić information content (AvgIpc) is 3.83. The number of unbranched alkanes of at least 4 members (excludes halogenated alkanes) is 2. The van der Waals surface area contributed by atoms with Gasteiger partial charge in [0, 0.05) is 17.5 Å². The second-order valence-corrected chi connectivity index (χ2v) is 14.0. The Morgan fingerprint density at radius 2 is 1.90 bits per heavy atom. The Hall–Kier alpha value is -3.25. The van der Waals surface area contributed by atoms with E-state index in [0.717, 1.165) is 31.4 Å². The third-order valence-corrected chi connectivity index (χ3v) is 10.00. The minimum Gasteiger partial charge on any atom is -0.446 e. The van der Waals surface area contributed by atoms with Gasteiger partial charge in [-0.2, -0.15) is 0 Å². The zero-order chi connectivity index (χ0) is 30.5. The van der Waals surface area contributed by atoms with E-state index >= 15 is 0 Å². The number of ether oxygens (including phenoxy) is 1. The van der Waals surface area contributed by atoms with Crippen molar-refractivity contribution in [2.75, 3.05) is 26.0 Å². The third kappa shape index (κ3) is 8.19. The van der Waals surface area contributed by atoms with Gasteiger partial charge in [-0.25, -0.2) is 13.2 Å². The fourth-order valence-corrected chi connectivity index (χ4v) is 6.88. The predicted molar refractivity (Wildman–Crippen MR) is 158 cm³/mol. The van der Waals surface area contributed by atoms with Crippen LogP contribution < -0.4 is 15.4 Å². The van der Waals surface area contributed by atoms with Gasteiger partial charge < -0.3 is 19.7 Å². The fraction of sp³-hybridized carbons (Fsp3) is 0.600. The molecular formula is C30H42N4O7S. The molecule has 3 aliphatic carbocycles. The van der Waals surface area contributed by atoms with Crippen molar-refractivity contribution in [3.63, 3.8) is 0 Å². The summed E-state index contributed by atoms with van der Waals surface area (Å²) in [4.78, 5) is 53.3. The predicted octanol–water partition coefficient (Wildman–Crippen LogP) is 2.91. The molecule has 0 aromatic heterocycles. The van der Waals surface area contributed by atoms with E-state index in [2.05, 4.69) is 20.3 Å². The molecule has 3 N–H and O–H groups in total. The van der Waals surface area contributed by atoms with Gasteiger partial charge in [0.1, 0.15) is 17.9 Å². The molecule has 0 spiro atoms. The first kappa shape index (κ1) is 31.7. The molecule has 3 aliphatic rings. The highest BCUT2D eigenvalue weighted by Crippen LogP contribution is 2.46. The maximum absolute atomic E-state index is 13.5. The minimum atomic E-state index is -3.81. The summed E-state index contributed by atoms with van der Waals surface area (Å²) in [5.41, 5.74) is 0.124. The number of hydrogen-bond donors (Lipinski definition) is 3. The number of sulfonamides is 1. The van der Waals surface area contributed by atoms with Crippen molar-refractivity contribution < 1.29 is 32.3 Å². The molecule has 0 radical (unpaired) electrons. The Balaban J connectivity index is 1.39. The van der Waals surface area contributed by atoms with Gasteiger partial charge in [0.15, 0.2) is 0 Å². The van der Waals surface area contributed by atoms with E-state index < -0.39 is 56.7 Å². The van der Waals surface area contributed by atoms with Crippen molar-refractivity contribution in [3.8, 4) is 0 Å². The molecule has 230 valence electrons. The van der Waals surface area contributed by atoms with Crippen LogP contribution in [0.5, 0.6) is 0 Å². The highest BCUT2D eigenvalue weighted by molar-refractivity contribution is 7.91. The van der Waals surface area contributed by atoms with Gasteiger partial charge in [-0.1, -0.05) is 24.3 Å². The highest BCUT2D eigenvalue weighted by atomic mass is 32.2. The normalized spacial score (nSPS) is 27.0. The molecule has 12 heteroatoms. The quantitative estimate of drug-likeness (QED) is 0.167. The number of hydrogen-bond acceptors (Lipinski definition) is 8. The first-order valence-electron chi connectivity index (χ1n) is 14.6. The summed E-state index contributed by atoms with van der Waals surface area (Å²) in [5, 5.41) is 4.88. The molecule has 1 aromatic carbocycles. The van der Waals surface area contributed by atoms with Crippen molar-refractivity contribution in [1.82, 2.24) is 14.9 Å². The molecule has 3 amide bonds. The van der Waals surface area contributed by atoms with E-state index in [1.807, 2.05) is 39.2 Å². The number of amides is 3. The van der Waals surface area contributed by atoms with E-state index in [1.54, 1.807) is 18.2 Å². The Morgan fingerprint density at radius 1 is 1.14 bits per heavy atom. The van der Waals surface area contributed by atoms with Crippen molar-refractivity contribution in [2.45, 2.75) is 75.2 Å². The summed E-state index contributed by atoms with van der Waals surface area (Å²) < 4.78 is 32.8. The van der Waals surface area contributed by atoms with E-state index in [0.29, 0.717) is 24.8 Å². The number of nitrogens with one attached hydrogen (secondary N) is 3. The van der Waals surface area contributed by atoms with Gasteiger partial charge in [0.05, 0.1) is 11.2 Å². The molecule has 3 fully saturated rings. The maximum atomic E-state index is 13.5. The largest absolute Gasteiger partial charge is 0.446 e. The van der Waals surface area contributed by atoms with Crippen molar-refractivity contribution in [3.05, 3.63) is 42.0 Å². The van der Waals surface area contributed by atoms with Crippen LogP contribution in [-0.4, -0.2) is 75.0 Å². The minimum absolute atomic E-state index is 0.112. The SMILES string of the molecule is Cc1cccc(NC(=O)O[C@H]2C[C@@H](C=O)[C@H](C(=O)N[C@]3(C(=O)NS(=O)(=O)C4CC4)C[C@H]3/C=C\CCCCN(C)C)C2)c1. The lowest BCUT2D eigenvalue weighted by Gasteiger charge is -2.22. The van der Waals surface area contributed by atoms with Crippen LogP contribution in [0.15, 0.2) is 36.4 Å². The van der Waals surface area contributed by atoms with E-state index in [9.17, 15) is 27.6 Å². The van der Waals surface area contributed by atoms with Gasteiger partial charge in [-0.15, -0.1) is 0 Å². The molecular weight excluding hydrogens is 560 g/mol. The zero-order valence-corrected chi connectivity index (χ0v) is 25.3. The van der Waals surface area contributed by atoms with Crippen molar-refractivity contribution in [2.24, 2.45) is 17.8 Å². The van der Waals surface area contributed by atoms with Gasteiger partial charge in [0.25, 0.3) is 5.91 Å². The van der Waals surface area contributed by atoms with Gasteiger partial charge in [-0.3, -0.25) is 19.6 Å². The summed E-state index contributed by atoms with van der Waals surface area (Å²) in [7, 11) is 0.212. The van der Waals surface area contributed by atoms with Crippen molar-refractivity contribution in [1.29, 1.82) is 0 Å². The smallest absolute Gasteiger partial charge is 0.411 e. The lowest BCUT2D eigenvalue weighted by molar-refractivity contribution is -0.133. The molecule has 0 saturated heterocycles. The average molecular weight is 603 g/mol. The summed E-state index contributed by atoms with van der Waals surface area (Å²) >= 11 is 0. The fourth-order valence-electron chi connectivity index (χ4n) is 5.52. The number of allylic oxidation sites excluding steroid dienone is 1. The topological polar surface area (TPSA) is 151 Å². The van der Waals surface area contributed by atoms with Crippen LogP contribution in [-0.2, 0) is 29.1 Å². The van der Waals surface area contributed by atoms with Crippen LogP contribution in [0.2, 0.25) is 0 Å². The number of aldehydes is 1. The molecule has 0 unspecified atom stereocenters. The van der Waals surface area contributed by atoms with E-state index in [4.69, 9.17) is 4.74 Å². The third-order valence-electron chi connectivity index (χ3n) is 8.18. The first-order valence-corrected chi connectivity index (χ1v) is 16.2.